The minimum Gasteiger partial charge on any atom is -0.377 e. The number of likely N-dealkylation sites (tertiary alicyclic amines) is 1. The number of para-hydroxylation sites is 1. The van der Waals surface area contributed by atoms with E-state index in [0.717, 1.165) is 19.4 Å². The maximum Gasteiger partial charge on any atom is 0.317 e. The predicted octanol–water partition coefficient (Wildman–Crippen LogP) is 2.07. The van der Waals surface area contributed by atoms with Crippen LogP contribution in [-0.4, -0.2) is 54.9 Å². The second-order valence-corrected chi connectivity index (χ2v) is 6.36. The summed E-state index contributed by atoms with van der Waals surface area (Å²) in [6, 6.07) is 10.2. The van der Waals surface area contributed by atoms with Crippen LogP contribution in [0.5, 0.6) is 0 Å². The van der Waals surface area contributed by atoms with Crippen molar-refractivity contribution < 1.29 is 9.90 Å². The van der Waals surface area contributed by atoms with Gasteiger partial charge in [0.15, 0.2) is 0 Å². The highest BCUT2D eigenvalue weighted by Crippen LogP contribution is 2.21. The summed E-state index contributed by atoms with van der Waals surface area (Å²) in [6.45, 7) is 2.63. The second kappa shape index (κ2) is 8.60. The molecule has 0 bridgehead atoms. The molecule has 2 rings (SSSR count). The third-order valence-electron chi connectivity index (χ3n) is 4.54. The van der Waals surface area contributed by atoms with Crippen molar-refractivity contribution in [2.24, 2.45) is 0 Å². The van der Waals surface area contributed by atoms with Gasteiger partial charge >= 0.3 is 6.03 Å². The van der Waals surface area contributed by atoms with Gasteiger partial charge in [-0.2, -0.15) is 0 Å². The first-order chi connectivity index (χ1) is 11.5. The number of nitrogens with one attached hydrogen (secondary N) is 1. The van der Waals surface area contributed by atoms with E-state index in [0.29, 0.717) is 32.5 Å². The molecule has 0 spiro atoms. The number of amides is 2. The third-order valence-corrected chi connectivity index (χ3v) is 4.54. The molecule has 1 aliphatic heterocycles. The van der Waals surface area contributed by atoms with Gasteiger partial charge in [-0.3, -0.25) is 0 Å². The van der Waals surface area contributed by atoms with Gasteiger partial charge < -0.3 is 20.2 Å². The van der Waals surface area contributed by atoms with Crippen molar-refractivity contribution in [2.75, 3.05) is 38.1 Å². The lowest BCUT2D eigenvalue weighted by molar-refractivity contribution is 0.0380. The van der Waals surface area contributed by atoms with E-state index in [1.54, 1.807) is 4.90 Å². The van der Waals surface area contributed by atoms with E-state index in [1.807, 2.05) is 18.2 Å². The SMILES string of the molecule is C#CC1(O)CCN(C(=O)NCCCCN(C)c2ccccc2)CC1. The molecule has 1 aromatic carbocycles. The number of unbranched alkanes of at least 4 members (excludes halogenated alkanes) is 1. The Morgan fingerprint density at radius 2 is 2.00 bits per heavy atom. The number of carbonyl (C=O) groups is 1. The summed E-state index contributed by atoms with van der Waals surface area (Å²) < 4.78 is 0. The van der Waals surface area contributed by atoms with Crippen LogP contribution in [0.1, 0.15) is 25.7 Å². The van der Waals surface area contributed by atoms with E-state index < -0.39 is 5.60 Å². The Morgan fingerprint density at radius 1 is 1.33 bits per heavy atom. The zero-order valence-electron chi connectivity index (χ0n) is 14.4. The molecule has 1 aliphatic rings. The van der Waals surface area contributed by atoms with Gasteiger partial charge in [0.05, 0.1) is 0 Å². The smallest absolute Gasteiger partial charge is 0.317 e. The van der Waals surface area contributed by atoms with Gasteiger partial charge in [-0.1, -0.05) is 24.1 Å². The van der Waals surface area contributed by atoms with Crippen molar-refractivity contribution in [3.63, 3.8) is 0 Å². The van der Waals surface area contributed by atoms with Crippen molar-refractivity contribution >= 4 is 11.7 Å². The Balaban J connectivity index is 1.59. The van der Waals surface area contributed by atoms with Crippen molar-refractivity contribution in [3.8, 4) is 12.3 Å². The van der Waals surface area contributed by atoms with Crippen molar-refractivity contribution in [3.05, 3.63) is 30.3 Å². The highest BCUT2D eigenvalue weighted by molar-refractivity contribution is 5.74. The lowest BCUT2D eigenvalue weighted by atomic mass is 9.93. The van der Waals surface area contributed by atoms with Gasteiger partial charge in [0.1, 0.15) is 5.60 Å². The second-order valence-electron chi connectivity index (χ2n) is 6.36. The van der Waals surface area contributed by atoms with Crippen LogP contribution in [0.25, 0.3) is 0 Å². The van der Waals surface area contributed by atoms with Crippen LogP contribution < -0.4 is 10.2 Å². The molecule has 2 N–H and O–H groups in total. The lowest BCUT2D eigenvalue weighted by Crippen LogP contribution is -2.49. The number of carbonyl (C=O) groups excluding carboxylic acids is 1. The highest BCUT2D eigenvalue weighted by Gasteiger charge is 2.31. The molecule has 0 atom stereocenters. The molecule has 1 saturated heterocycles. The molecule has 5 heteroatoms. The van der Waals surface area contributed by atoms with Crippen LogP contribution in [0, 0.1) is 12.3 Å². The first-order valence-electron chi connectivity index (χ1n) is 8.53. The van der Waals surface area contributed by atoms with Gasteiger partial charge in [0, 0.05) is 51.8 Å². The summed E-state index contributed by atoms with van der Waals surface area (Å²) in [5.74, 6) is 2.42. The highest BCUT2D eigenvalue weighted by atomic mass is 16.3. The molecule has 2 amide bonds. The first-order valence-corrected chi connectivity index (χ1v) is 8.53. The Morgan fingerprint density at radius 3 is 2.62 bits per heavy atom. The maximum atomic E-state index is 12.1. The molecule has 130 valence electrons. The monoisotopic (exact) mass is 329 g/mol. The van der Waals surface area contributed by atoms with E-state index in [-0.39, 0.29) is 6.03 Å². The number of benzene rings is 1. The Kier molecular flexibility index (Phi) is 6.51. The van der Waals surface area contributed by atoms with Gasteiger partial charge in [-0.25, -0.2) is 4.79 Å². The first kappa shape index (κ1) is 18.2. The van der Waals surface area contributed by atoms with Crippen LogP contribution in [0.4, 0.5) is 10.5 Å². The van der Waals surface area contributed by atoms with Crippen LogP contribution in [0.15, 0.2) is 30.3 Å². The molecular weight excluding hydrogens is 302 g/mol. The number of aliphatic hydroxyl groups is 1. The number of piperidine rings is 1. The normalized spacial score (nSPS) is 16.3. The molecule has 1 fully saturated rings. The molecule has 1 heterocycles. The quantitative estimate of drug-likeness (QED) is 0.620. The lowest BCUT2D eigenvalue weighted by Gasteiger charge is -2.34. The molecule has 0 unspecified atom stereocenters. The van der Waals surface area contributed by atoms with Crippen LogP contribution in [0.3, 0.4) is 0 Å². The Labute approximate surface area is 144 Å². The van der Waals surface area contributed by atoms with Gasteiger partial charge in [-0.05, 0) is 25.0 Å². The summed E-state index contributed by atoms with van der Waals surface area (Å²) in [7, 11) is 2.08. The summed E-state index contributed by atoms with van der Waals surface area (Å²) in [5, 5.41) is 12.9. The fourth-order valence-electron chi connectivity index (χ4n) is 2.82. The van der Waals surface area contributed by atoms with E-state index in [9.17, 15) is 9.90 Å². The van der Waals surface area contributed by atoms with Crippen molar-refractivity contribution in [1.82, 2.24) is 10.2 Å². The number of urea groups is 1. The molecule has 0 aliphatic carbocycles. The van der Waals surface area contributed by atoms with Crippen LogP contribution in [0.2, 0.25) is 0 Å². The van der Waals surface area contributed by atoms with Crippen molar-refractivity contribution in [2.45, 2.75) is 31.3 Å². The van der Waals surface area contributed by atoms with Crippen LogP contribution >= 0.6 is 0 Å². The molecule has 5 nitrogen and oxygen atoms in total. The number of hydrogen-bond acceptors (Lipinski definition) is 3. The third kappa shape index (κ3) is 5.17. The Hall–Kier alpha value is -2.19. The average Bonchev–Trinajstić information content (AvgIpc) is 2.62. The van der Waals surface area contributed by atoms with Gasteiger partial charge in [0.25, 0.3) is 0 Å². The molecule has 0 radical (unpaired) electrons. The topological polar surface area (TPSA) is 55.8 Å². The van der Waals surface area contributed by atoms with Gasteiger partial charge in [-0.15, -0.1) is 6.42 Å². The number of nitrogens with zero attached hydrogens (tertiary/aromatic N) is 2. The van der Waals surface area contributed by atoms with Gasteiger partial charge in [0.2, 0.25) is 0 Å². The minimum absolute atomic E-state index is 0.0644. The van der Waals surface area contributed by atoms with E-state index in [1.165, 1.54) is 5.69 Å². The number of rotatable bonds is 6. The zero-order valence-corrected chi connectivity index (χ0v) is 14.4. The maximum absolute atomic E-state index is 12.1. The summed E-state index contributed by atoms with van der Waals surface area (Å²) in [5.41, 5.74) is 0.162. The molecule has 0 saturated carbocycles. The number of anilines is 1. The fraction of sp³-hybridized carbons (Fsp3) is 0.526. The van der Waals surface area contributed by atoms with E-state index in [4.69, 9.17) is 6.42 Å². The molecule has 24 heavy (non-hydrogen) atoms. The minimum atomic E-state index is -1.04. The fourth-order valence-corrected chi connectivity index (χ4v) is 2.82. The number of hydrogen-bond donors (Lipinski definition) is 2. The molecule has 0 aromatic heterocycles. The summed E-state index contributed by atoms with van der Waals surface area (Å²) >= 11 is 0. The molecule has 1 aromatic rings. The zero-order chi connectivity index (χ0) is 17.4. The van der Waals surface area contributed by atoms with E-state index >= 15 is 0 Å². The number of terminal acetylenes is 1. The van der Waals surface area contributed by atoms with E-state index in [2.05, 4.69) is 35.3 Å². The van der Waals surface area contributed by atoms with Crippen LogP contribution in [-0.2, 0) is 0 Å². The summed E-state index contributed by atoms with van der Waals surface area (Å²) in [6.07, 6.45) is 8.15. The largest absolute Gasteiger partial charge is 0.377 e. The standard InChI is InChI=1S/C19H27N3O2/c1-3-19(24)11-15-22(16-12-19)18(23)20-13-7-8-14-21(2)17-9-5-4-6-10-17/h1,4-6,9-10,24H,7-8,11-16H2,2H3,(H,20,23). The predicted molar refractivity (Wildman–Crippen MR) is 96.9 cm³/mol. The Bertz CT molecular complexity index is 560. The average molecular weight is 329 g/mol. The van der Waals surface area contributed by atoms with Crippen molar-refractivity contribution in [1.29, 1.82) is 0 Å². The summed E-state index contributed by atoms with van der Waals surface area (Å²) in [4.78, 5) is 16.0. The molecular formula is C19H27N3O2.